The molecule has 1 heterocycles. The van der Waals surface area contributed by atoms with Crippen LogP contribution in [0.2, 0.25) is 0 Å². The topological polar surface area (TPSA) is 38.9 Å². The van der Waals surface area contributed by atoms with E-state index in [0.29, 0.717) is 6.54 Å². The molecule has 0 atom stereocenters. The van der Waals surface area contributed by atoms with E-state index in [1.807, 2.05) is 12.3 Å². The largest absolute Gasteiger partial charge is 0.326 e. The third-order valence-corrected chi connectivity index (χ3v) is 2.11. The Kier molecular flexibility index (Phi) is 3.06. The van der Waals surface area contributed by atoms with Crippen LogP contribution < -0.4 is 5.73 Å². The summed E-state index contributed by atoms with van der Waals surface area (Å²) in [5.41, 5.74) is 8.03. The third-order valence-electron chi connectivity index (χ3n) is 2.11. The monoisotopic (exact) mass is 184 g/mol. The molecule has 1 aromatic rings. The quantitative estimate of drug-likeness (QED) is 0.762. The zero-order valence-corrected chi connectivity index (χ0v) is 7.68. The number of pyridine rings is 1. The lowest BCUT2D eigenvalue weighted by molar-refractivity contribution is 0.936. The minimum absolute atomic E-state index is 0. The van der Waals surface area contributed by atoms with Crippen molar-refractivity contribution in [2.75, 3.05) is 0 Å². The van der Waals surface area contributed by atoms with Gasteiger partial charge in [0.1, 0.15) is 0 Å². The van der Waals surface area contributed by atoms with Crippen molar-refractivity contribution in [1.29, 1.82) is 0 Å². The molecule has 0 radical (unpaired) electrons. The third kappa shape index (κ3) is 1.76. The average Bonchev–Trinajstić information content (AvgIpc) is 2.87. The zero-order chi connectivity index (χ0) is 7.68. The van der Waals surface area contributed by atoms with Crippen LogP contribution in [0.15, 0.2) is 18.3 Å². The van der Waals surface area contributed by atoms with Crippen molar-refractivity contribution in [2.45, 2.75) is 25.3 Å². The second kappa shape index (κ2) is 3.87. The van der Waals surface area contributed by atoms with Crippen LogP contribution in [0.1, 0.15) is 30.0 Å². The van der Waals surface area contributed by atoms with Crippen LogP contribution in [-0.4, -0.2) is 4.98 Å². The van der Waals surface area contributed by atoms with Crippen LogP contribution in [0, 0.1) is 0 Å². The maximum absolute atomic E-state index is 5.58. The number of aromatic nitrogens is 1. The standard InChI is InChI=1S/C9H12N2.ClH/c10-6-8-2-1-5-11-9(8)7-3-4-7;/h1-2,5,7H,3-4,6,10H2;1H. The number of nitrogens with two attached hydrogens (primary N) is 1. The van der Waals surface area contributed by atoms with E-state index in [0.717, 1.165) is 5.92 Å². The van der Waals surface area contributed by atoms with E-state index in [4.69, 9.17) is 5.73 Å². The van der Waals surface area contributed by atoms with Crippen LogP contribution >= 0.6 is 12.4 Å². The van der Waals surface area contributed by atoms with Gasteiger partial charge in [0, 0.05) is 24.4 Å². The molecule has 1 saturated carbocycles. The molecule has 0 unspecified atom stereocenters. The lowest BCUT2D eigenvalue weighted by Gasteiger charge is -2.02. The fraction of sp³-hybridized carbons (Fsp3) is 0.444. The highest BCUT2D eigenvalue weighted by molar-refractivity contribution is 5.85. The first-order chi connectivity index (χ1) is 5.42. The SMILES string of the molecule is Cl.NCc1cccnc1C1CC1. The molecule has 3 heteroatoms. The Hall–Kier alpha value is -0.600. The van der Waals surface area contributed by atoms with Crippen LogP contribution in [0.5, 0.6) is 0 Å². The van der Waals surface area contributed by atoms with Gasteiger partial charge in [-0.3, -0.25) is 4.98 Å². The molecular formula is C9H13ClN2. The summed E-state index contributed by atoms with van der Waals surface area (Å²) in [7, 11) is 0. The van der Waals surface area contributed by atoms with Gasteiger partial charge >= 0.3 is 0 Å². The molecule has 2 rings (SSSR count). The predicted molar refractivity (Wildman–Crippen MR) is 51.4 cm³/mol. The van der Waals surface area contributed by atoms with Crippen molar-refractivity contribution >= 4 is 12.4 Å². The molecule has 0 spiro atoms. The molecule has 66 valence electrons. The summed E-state index contributed by atoms with van der Waals surface area (Å²) in [6, 6.07) is 4.02. The Balaban J connectivity index is 0.000000720. The molecule has 1 aromatic heterocycles. The van der Waals surface area contributed by atoms with E-state index in [1.165, 1.54) is 24.1 Å². The van der Waals surface area contributed by atoms with E-state index >= 15 is 0 Å². The van der Waals surface area contributed by atoms with Crippen LogP contribution in [0.4, 0.5) is 0 Å². The minimum atomic E-state index is 0. The smallest absolute Gasteiger partial charge is 0.0479 e. The normalized spacial score (nSPS) is 15.4. The van der Waals surface area contributed by atoms with Gasteiger partial charge in [0.2, 0.25) is 0 Å². The molecule has 1 aliphatic rings. The summed E-state index contributed by atoms with van der Waals surface area (Å²) < 4.78 is 0. The van der Waals surface area contributed by atoms with Crippen molar-refractivity contribution < 1.29 is 0 Å². The van der Waals surface area contributed by atoms with Gasteiger partial charge in [0.05, 0.1) is 0 Å². The molecule has 0 aliphatic heterocycles. The van der Waals surface area contributed by atoms with Gasteiger partial charge in [-0.05, 0) is 24.5 Å². The van der Waals surface area contributed by atoms with Crippen molar-refractivity contribution in [3.05, 3.63) is 29.6 Å². The van der Waals surface area contributed by atoms with E-state index < -0.39 is 0 Å². The molecule has 12 heavy (non-hydrogen) atoms. The Morgan fingerprint density at radius 3 is 2.83 bits per heavy atom. The van der Waals surface area contributed by atoms with Gasteiger partial charge in [0.15, 0.2) is 0 Å². The summed E-state index contributed by atoms with van der Waals surface area (Å²) in [5.74, 6) is 0.717. The number of halogens is 1. The van der Waals surface area contributed by atoms with Crippen molar-refractivity contribution in [1.82, 2.24) is 4.98 Å². The number of rotatable bonds is 2. The fourth-order valence-corrected chi connectivity index (χ4v) is 1.35. The second-order valence-electron chi connectivity index (χ2n) is 3.03. The highest BCUT2D eigenvalue weighted by Gasteiger charge is 2.26. The molecule has 2 nitrogen and oxygen atoms in total. The number of hydrogen-bond donors (Lipinski definition) is 1. The molecule has 1 fully saturated rings. The summed E-state index contributed by atoms with van der Waals surface area (Å²) in [4.78, 5) is 4.33. The first-order valence-electron chi connectivity index (χ1n) is 4.05. The summed E-state index contributed by atoms with van der Waals surface area (Å²) in [6.45, 7) is 0.625. The lowest BCUT2D eigenvalue weighted by Crippen LogP contribution is -2.01. The highest BCUT2D eigenvalue weighted by atomic mass is 35.5. The van der Waals surface area contributed by atoms with Crippen LogP contribution in [0.25, 0.3) is 0 Å². The molecule has 1 aliphatic carbocycles. The number of nitrogens with zero attached hydrogens (tertiary/aromatic N) is 1. The molecule has 0 amide bonds. The summed E-state index contributed by atoms with van der Waals surface area (Å²) >= 11 is 0. The summed E-state index contributed by atoms with van der Waals surface area (Å²) in [6.07, 6.45) is 4.45. The number of hydrogen-bond acceptors (Lipinski definition) is 2. The highest BCUT2D eigenvalue weighted by Crippen LogP contribution is 2.40. The van der Waals surface area contributed by atoms with Crippen LogP contribution in [0.3, 0.4) is 0 Å². The van der Waals surface area contributed by atoms with Gasteiger partial charge in [0.25, 0.3) is 0 Å². The maximum Gasteiger partial charge on any atom is 0.0479 e. The molecule has 0 saturated heterocycles. The molecule has 2 N–H and O–H groups in total. The van der Waals surface area contributed by atoms with E-state index in [-0.39, 0.29) is 12.4 Å². The first kappa shape index (κ1) is 9.49. The summed E-state index contributed by atoms with van der Waals surface area (Å²) in [5, 5.41) is 0. The van der Waals surface area contributed by atoms with Crippen molar-refractivity contribution in [3.8, 4) is 0 Å². The van der Waals surface area contributed by atoms with Crippen LogP contribution in [-0.2, 0) is 6.54 Å². The van der Waals surface area contributed by atoms with Gasteiger partial charge in [-0.1, -0.05) is 6.07 Å². The molecular weight excluding hydrogens is 172 g/mol. The van der Waals surface area contributed by atoms with Gasteiger partial charge in [-0.2, -0.15) is 0 Å². The van der Waals surface area contributed by atoms with Crippen molar-refractivity contribution in [3.63, 3.8) is 0 Å². The van der Waals surface area contributed by atoms with Gasteiger partial charge in [-0.25, -0.2) is 0 Å². The Labute approximate surface area is 78.6 Å². The van der Waals surface area contributed by atoms with E-state index in [9.17, 15) is 0 Å². The van der Waals surface area contributed by atoms with E-state index in [2.05, 4.69) is 11.1 Å². The average molecular weight is 185 g/mol. The molecule has 0 aromatic carbocycles. The minimum Gasteiger partial charge on any atom is -0.326 e. The fourth-order valence-electron chi connectivity index (χ4n) is 1.35. The second-order valence-corrected chi connectivity index (χ2v) is 3.03. The maximum atomic E-state index is 5.58. The Morgan fingerprint density at radius 2 is 2.25 bits per heavy atom. The van der Waals surface area contributed by atoms with Gasteiger partial charge < -0.3 is 5.73 Å². The van der Waals surface area contributed by atoms with E-state index in [1.54, 1.807) is 0 Å². The molecule has 0 bridgehead atoms. The predicted octanol–water partition coefficient (Wildman–Crippen LogP) is 1.84. The lowest BCUT2D eigenvalue weighted by atomic mass is 10.1. The Bertz CT molecular complexity index is 258. The van der Waals surface area contributed by atoms with Gasteiger partial charge in [-0.15, -0.1) is 12.4 Å². The zero-order valence-electron chi connectivity index (χ0n) is 6.86. The first-order valence-corrected chi connectivity index (χ1v) is 4.05. The van der Waals surface area contributed by atoms with Crippen molar-refractivity contribution in [2.24, 2.45) is 5.73 Å². The Morgan fingerprint density at radius 1 is 1.50 bits per heavy atom.